The van der Waals surface area contributed by atoms with E-state index in [1.807, 2.05) is 0 Å². The Morgan fingerprint density at radius 2 is 1.42 bits per heavy atom. The van der Waals surface area contributed by atoms with Crippen LogP contribution in [0.25, 0.3) is 32.9 Å². The van der Waals surface area contributed by atoms with Crippen molar-refractivity contribution in [2.45, 2.75) is 33.6 Å². The molecule has 1 nitrogen and oxygen atoms in total. The van der Waals surface area contributed by atoms with Gasteiger partial charge in [-0.05, 0) is 79.3 Å². The molecule has 1 heterocycles. The Hall–Kier alpha value is -2.54. The molecule has 3 aromatic carbocycles. The van der Waals surface area contributed by atoms with E-state index in [1.165, 1.54) is 60.8 Å². The second-order valence-corrected chi connectivity index (χ2v) is 7.30. The van der Waals surface area contributed by atoms with Gasteiger partial charge in [-0.3, -0.25) is 0 Å². The summed E-state index contributed by atoms with van der Waals surface area (Å²) in [5.41, 5.74) is 11.0. The first-order chi connectivity index (χ1) is 11.6. The number of benzene rings is 3. The molecule has 1 N–H and O–H groups in total. The van der Waals surface area contributed by atoms with Crippen molar-refractivity contribution in [3.8, 4) is 11.3 Å². The Balaban J connectivity index is 1.89. The van der Waals surface area contributed by atoms with E-state index in [1.54, 1.807) is 0 Å². The van der Waals surface area contributed by atoms with Gasteiger partial charge in [-0.25, -0.2) is 0 Å². The van der Waals surface area contributed by atoms with Crippen LogP contribution in [0.3, 0.4) is 0 Å². The van der Waals surface area contributed by atoms with Crippen LogP contribution < -0.4 is 0 Å². The second-order valence-electron chi connectivity index (χ2n) is 7.30. The first-order valence-electron chi connectivity index (χ1n) is 8.76. The lowest BCUT2D eigenvalue weighted by atomic mass is 9.84. The van der Waals surface area contributed by atoms with Gasteiger partial charge in [0, 0.05) is 16.5 Å². The third-order valence-electron chi connectivity index (χ3n) is 5.57. The molecule has 0 unspecified atom stereocenters. The molecule has 0 aliphatic heterocycles. The number of hydrogen-bond donors (Lipinski definition) is 1. The van der Waals surface area contributed by atoms with Gasteiger partial charge in [0.1, 0.15) is 0 Å². The molecule has 1 aliphatic rings. The number of aromatic nitrogens is 1. The first kappa shape index (κ1) is 13.9. The molecular weight excluding hydrogens is 290 g/mol. The van der Waals surface area contributed by atoms with Crippen LogP contribution in [0, 0.1) is 20.8 Å². The van der Waals surface area contributed by atoms with E-state index in [9.17, 15) is 0 Å². The van der Waals surface area contributed by atoms with Gasteiger partial charge in [0.2, 0.25) is 0 Å². The third-order valence-corrected chi connectivity index (χ3v) is 5.57. The first-order valence-corrected chi connectivity index (χ1v) is 8.76. The Bertz CT molecular complexity index is 1130. The third kappa shape index (κ3) is 1.81. The summed E-state index contributed by atoms with van der Waals surface area (Å²) in [6.45, 7) is 6.60. The van der Waals surface area contributed by atoms with Crippen molar-refractivity contribution in [3.63, 3.8) is 0 Å². The highest BCUT2D eigenvalue weighted by Crippen LogP contribution is 2.41. The number of aryl methyl sites for hydroxylation is 5. The summed E-state index contributed by atoms with van der Waals surface area (Å²) in [7, 11) is 0. The minimum Gasteiger partial charge on any atom is -0.354 e. The van der Waals surface area contributed by atoms with E-state index < -0.39 is 0 Å². The molecular formula is C23H21N. The molecule has 0 amide bonds. The second kappa shape index (κ2) is 4.73. The van der Waals surface area contributed by atoms with Gasteiger partial charge < -0.3 is 4.98 Å². The molecule has 0 bridgehead atoms. The number of hydrogen-bond acceptors (Lipinski definition) is 0. The highest BCUT2D eigenvalue weighted by molar-refractivity contribution is 5.99. The van der Waals surface area contributed by atoms with E-state index in [4.69, 9.17) is 0 Å². The highest BCUT2D eigenvalue weighted by atomic mass is 14.7. The summed E-state index contributed by atoms with van der Waals surface area (Å²) in [6.07, 6.45) is 2.25. The number of fused-ring (bicyclic) bond motifs is 7. The molecule has 0 spiro atoms. The van der Waals surface area contributed by atoms with Crippen LogP contribution in [0.4, 0.5) is 0 Å². The van der Waals surface area contributed by atoms with Crippen LogP contribution >= 0.6 is 0 Å². The molecule has 1 aromatic heterocycles. The lowest BCUT2D eigenvalue weighted by molar-refractivity contribution is 0.956. The molecule has 0 atom stereocenters. The summed E-state index contributed by atoms with van der Waals surface area (Å²) >= 11 is 0. The fourth-order valence-electron chi connectivity index (χ4n) is 4.37. The molecule has 1 heteroatoms. The smallest absolute Gasteiger partial charge is 0.0500 e. The van der Waals surface area contributed by atoms with Crippen LogP contribution in [0.5, 0.6) is 0 Å². The summed E-state index contributed by atoms with van der Waals surface area (Å²) in [6, 6.07) is 16.0. The molecule has 118 valence electrons. The van der Waals surface area contributed by atoms with Gasteiger partial charge in [-0.2, -0.15) is 0 Å². The quantitative estimate of drug-likeness (QED) is 0.409. The Morgan fingerprint density at radius 1 is 0.708 bits per heavy atom. The van der Waals surface area contributed by atoms with E-state index in [0.717, 1.165) is 12.8 Å². The fourth-order valence-corrected chi connectivity index (χ4v) is 4.37. The SMILES string of the molecule is Cc1ccc2[nH]c3c(c2c1)CCc1c-3cc(C)c2ccc(C)cc12. The summed E-state index contributed by atoms with van der Waals surface area (Å²) in [4.78, 5) is 3.71. The van der Waals surface area contributed by atoms with Crippen molar-refractivity contribution in [3.05, 3.63) is 70.3 Å². The van der Waals surface area contributed by atoms with Crippen LogP contribution in [0.1, 0.15) is 27.8 Å². The Kier molecular flexibility index (Phi) is 2.73. The van der Waals surface area contributed by atoms with Crippen molar-refractivity contribution >= 4 is 21.7 Å². The molecule has 0 saturated heterocycles. The van der Waals surface area contributed by atoms with Crippen molar-refractivity contribution in [1.29, 1.82) is 0 Å². The van der Waals surface area contributed by atoms with Gasteiger partial charge in [0.05, 0.1) is 5.69 Å². The average molecular weight is 311 g/mol. The maximum Gasteiger partial charge on any atom is 0.0500 e. The number of H-pyrrole nitrogens is 1. The van der Waals surface area contributed by atoms with E-state index in [0.29, 0.717) is 0 Å². The fraction of sp³-hybridized carbons (Fsp3) is 0.217. The van der Waals surface area contributed by atoms with Gasteiger partial charge >= 0.3 is 0 Å². The summed E-state index contributed by atoms with van der Waals surface area (Å²) in [5.74, 6) is 0. The largest absolute Gasteiger partial charge is 0.354 e. The molecule has 4 aromatic rings. The van der Waals surface area contributed by atoms with Crippen LogP contribution in [-0.4, -0.2) is 4.98 Å². The molecule has 0 fully saturated rings. The molecule has 1 aliphatic carbocycles. The topological polar surface area (TPSA) is 15.8 Å². The van der Waals surface area contributed by atoms with E-state index in [-0.39, 0.29) is 0 Å². The van der Waals surface area contributed by atoms with E-state index in [2.05, 4.69) is 68.2 Å². The maximum atomic E-state index is 3.71. The minimum atomic E-state index is 1.12. The zero-order valence-electron chi connectivity index (χ0n) is 14.5. The molecule has 0 saturated carbocycles. The van der Waals surface area contributed by atoms with Crippen LogP contribution in [0.2, 0.25) is 0 Å². The van der Waals surface area contributed by atoms with Crippen molar-refractivity contribution in [2.24, 2.45) is 0 Å². The van der Waals surface area contributed by atoms with Gasteiger partial charge in [0.15, 0.2) is 0 Å². The highest BCUT2D eigenvalue weighted by Gasteiger charge is 2.23. The monoisotopic (exact) mass is 311 g/mol. The lowest BCUT2D eigenvalue weighted by Crippen LogP contribution is -2.04. The minimum absolute atomic E-state index is 1.12. The normalized spacial score (nSPS) is 13.3. The predicted molar refractivity (Wildman–Crippen MR) is 103 cm³/mol. The lowest BCUT2D eigenvalue weighted by Gasteiger charge is -2.21. The number of aromatic amines is 1. The molecule has 24 heavy (non-hydrogen) atoms. The summed E-state index contributed by atoms with van der Waals surface area (Å²) in [5, 5.41) is 4.23. The summed E-state index contributed by atoms with van der Waals surface area (Å²) < 4.78 is 0. The molecule has 0 radical (unpaired) electrons. The van der Waals surface area contributed by atoms with E-state index >= 15 is 0 Å². The number of nitrogens with one attached hydrogen (secondary N) is 1. The van der Waals surface area contributed by atoms with Gasteiger partial charge in [-0.15, -0.1) is 0 Å². The predicted octanol–water partition coefficient (Wildman–Crippen LogP) is 6.01. The van der Waals surface area contributed by atoms with Crippen LogP contribution in [-0.2, 0) is 12.8 Å². The van der Waals surface area contributed by atoms with Crippen molar-refractivity contribution in [2.75, 3.05) is 0 Å². The Morgan fingerprint density at radius 3 is 2.25 bits per heavy atom. The molecule has 5 rings (SSSR count). The van der Waals surface area contributed by atoms with Gasteiger partial charge in [-0.1, -0.05) is 35.4 Å². The zero-order chi connectivity index (χ0) is 16.4. The van der Waals surface area contributed by atoms with Crippen molar-refractivity contribution < 1.29 is 0 Å². The standard InChI is InChI=1S/C23H21N/c1-13-4-6-16-15(3)12-21-17(19(16)10-13)7-8-18-20-11-14(2)5-9-22(20)24-23(18)21/h4-6,9-12,24H,7-8H2,1-3H3. The Labute approximate surface area is 142 Å². The van der Waals surface area contributed by atoms with Crippen molar-refractivity contribution in [1.82, 2.24) is 4.98 Å². The zero-order valence-corrected chi connectivity index (χ0v) is 14.5. The van der Waals surface area contributed by atoms with Gasteiger partial charge in [0.25, 0.3) is 0 Å². The number of rotatable bonds is 0. The maximum absolute atomic E-state index is 3.71. The van der Waals surface area contributed by atoms with Crippen LogP contribution in [0.15, 0.2) is 42.5 Å². The average Bonchev–Trinajstić information content (AvgIpc) is 2.93.